The molecule has 0 saturated heterocycles. The van der Waals surface area contributed by atoms with Gasteiger partial charge in [-0.15, -0.1) is 11.6 Å². The second-order valence-corrected chi connectivity index (χ2v) is 3.49. The molecule has 10 heavy (non-hydrogen) atoms. The summed E-state index contributed by atoms with van der Waals surface area (Å²) in [7, 11) is 1.75. The summed E-state index contributed by atoms with van der Waals surface area (Å²) in [4.78, 5) is 0. The van der Waals surface area contributed by atoms with Gasteiger partial charge in [-0.2, -0.15) is 0 Å². The van der Waals surface area contributed by atoms with Crippen molar-refractivity contribution in [3.05, 3.63) is 0 Å². The Hall–Kier alpha value is 0.250. The third kappa shape index (κ3) is 5.07. The molecule has 1 nitrogen and oxygen atoms in total. The highest BCUT2D eigenvalue weighted by Crippen LogP contribution is 2.16. The summed E-state index contributed by atoms with van der Waals surface area (Å²) < 4.78 is 5.24. The fourth-order valence-corrected chi connectivity index (χ4v) is 0.936. The van der Waals surface area contributed by atoms with Crippen molar-refractivity contribution in [2.75, 3.05) is 13.0 Å². The zero-order chi connectivity index (χ0) is 8.04. The van der Waals surface area contributed by atoms with Crippen molar-refractivity contribution < 1.29 is 4.74 Å². The molecular weight excluding hydrogens is 148 g/mol. The predicted octanol–water partition coefficient (Wildman–Crippen LogP) is 2.82. The summed E-state index contributed by atoms with van der Waals surface area (Å²) >= 11 is 5.53. The molecule has 0 bridgehead atoms. The molecule has 0 aliphatic rings. The Morgan fingerprint density at radius 3 is 2.30 bits per heavy atom. The van der Waals surface area contributed by atoms with Crippen LogP contribution in [0.1, 0.15) is 33.1 Å². The van der Waals surface area contributed by atoms with Gasteiger partial charge in [0.05, 0.1) is 5.60 Å². The van der Waals surface area contributed by atoms with E-state index in [0.29, 0.717) is 0 Å². The van der Waals surface area contributed by atoms with Gasteiger partial charge in [0, 0.05) is 13.0 Å². The van der Waals surface area contributed by atoms with Crippen LogP contribution in [-0.4, -0.2) is 18.6 Å². The summed E-state index contributed by atoms with van der Waals surface area (Å²) in [6, 6.07) is 0. The first-order chi connectivity index (χ1) is 4.62. The summed E-state index contributed by atoms with van der Waals surface area (Å²) in [5, 5.41) is 0. The zero-order valence-electron chi connectivity index (χ0n) is 7.11. The highest BCUT2D eigenvalue weighted by molar-refractivity contribution is 6.17. The van der Waals surface area contributed by atoms with Gasteiger partial charge in [-0.1, -0.05) is 0 Å². The van der Waals surface area contributed by atoms with E-state index >= 15 is 0 Å². The van der Waals surface area contributed by atoms with Crippen LogP contribution in [0, 0.1) is 0 Å². The molecule has 0 saturated carbocycles. The topological polar surface area (TPSA) is 9.23 Å². The average Bonchev–Trinajstić information content (AvgIpc) is 1.89. The lowest BCUT2D eigenvalue weighted by atomic mass is 10.0. The van der Waals surface area contributed by atoms with Crippen LogP contribution in [0.3, 0.4) is 0 Å². The van der Waals surface area contributed by atoms with E-state index in [2.05, 4.69) is 13.8 Å². The van der Waals surface area contributed by atoms with E-state index in [1.54, 1.807) is 7.11 Å². The Bertz CT molecular complexity index is 81.3. The minimum atomic E-state index is 0.0338. The highest BCUT2D eigenvalue weighted by Gasteiger charge is 2.14. The van der Waals surface area contributed by atoms with Crippen molar-refractivity contribution >= 4 is 11.6 Å². The molecule has 0 spiro atoms. The number of hydrogen-bond acceptors (Lipinski definition) is 1. The Balaban J connectivity index is 3.28. The Labute approximate surface area is 68.7 Å². The number of alkyl halides is 1. The number of ether oxygens (including phenoxy) is 1. The Morgan fingerprint density at radius 1 is 1.30 bits per heavy atom. The predicted molar refractivity (Wildman–Crippen MR) is 45.7 cm³/mol. The first kappa shape index (κ1) is 10.2. The molecule has 0 heterocycles. The number of hydrogen-bond donors (Lipinski definition) is 0. The van der Waals surface area contributed by atoms with Crippen molar-refractivity contribution in [1.82, 2.24) is 0 Å². The van der Waals surface area contributed by atoms with E-state index in [1.807, 2.05) is 0 Å². The molecule has 0 unspecified atom stereocenters. The normalized spacial score (nSPS) is 12.0. The van der Waals surface area contributed by atoms with E-state index in [1.165, 1.54) is 0 Å². The Morgan fingerprint density at radius 2 is 1.90 bits per heavy atom. The zero-order valence-corrected chi connectivity index (χ0v) is 7.87. The van der Waals surface area contributed by atoms with E-state index in [4.69, 9.17) is 16.3 Å². The summed E-state index contributed by atoms with van der Waals surface area (Å²) in [5.74, 6) is 0.764. The molecule has 0 amide bonds. The minimum absolute atomic E-state index is 0.0338. The number of halogens is 1. The van der Waals surface area contributed by atoms with Crippen LogP contribution in [-0.2, 0) is 4.74 Å². The van der Waals surface area contributed by atoms with Gasteiger partial charge in [0.15, 0.2) is 0 Å². The smallest absolute Gasteiger partial charge is 0.0622 e. The highest BCUT2D eigenvalue weighted by atomic mass is 35.5. The molecule has 0 atom stereocenters. The van der Waals surface area contributed by atoms with Crippen LogP contribution in [0.4, 0.5) is 0 Å². The maximum Gasteiger partial charge on any atom is 0.0622 e. The van der Waals surface area contributed by atoms with Gasteiger partial charge >= 0.3 is 0 Å². The van der Waals surface area contributed by atoms with Crippen LogP contribution in [0.25, 0.3) is 0 Å². The summed E-state index contributed by atoms with van der Waals surface area (Å²) in [6.07, 6.45) is 3.34. The minimum Gasteiger partial charge on any atom is -0.379 e. The standard InChI is InChI=1S/C8H17ClO/c1-8(2,10-3)6-4-5-7-9/h4-7H2,1-3H3. The van der Waals surface area contributed by atoms with Crippen LogP contribution in [0.15, 0.2) is 0 Å². The molecule has 0 N–H and O–H groups in total. The quantitative estimate of drug-likeness (QED) is 0.449. The molecule has 0 aliphatic heterocycles. The molecule has 0 aromatic carbocycles. The third-order valence-corrected chi connectivity index (χ3v) is 1.98. The first-order valence-electron chi connectivity index (χ1n) is 3.73. The second kappa shape index (κ2) is 4.97. The van der Waals surface area contributed by atoms with Crippen molar-refractivity contribution in [1.29, 1.82) is 0 Å². The lowest BCUT2D eigenvalue weighted by molar-refractivity contribution is 0.0138. The maximum atomic E-state index is 5.53. The molecule has 0 fully saturated rings. The largest absolute Gasteiger partial charge is 0.379 e. The molecule has 0 rings (SSSR count). The number of unbranched alkanes of at least 4 members (excludes halogenated alkanes) is 1. The first-order valence-corrected chi connectivity index (χ1v) is 4.27. The fourth-order valence-electron chi connectivity index (χ4n) is 0.747. The maximum absolute atomic E-state index is 5.53. The lowest BCUT2D eigenvalue weighted by Crippen LogP contribution is -2.21. The number of rotatable bonds is 5. The van der Waals surface area contributed by atoms with Crippen LogP contribution in [0.2, 0.25) is 0 Å². The SMILES string of the molecule is COC(C)(C)CCCCCl. The van der Waals surface area contributed by atoms with Crippen molar-refractivity contribution in [2.45, 2.75) is 38.7 Å². The fraction of sp³-hybridized carbons (Fsp3) is 1.00. The van der Waals surface area contributed by atoms with Gasteiger partial charge < -0.3 is 4.74 Å². The van der Waals surface area contributed by atoms with Crippen molar-refractivity contribution in [2.24, 2.45) is 0 Å². The van der Waals surface area contributed by atoms with E-state index < -0.39 is 0 Å². The monoisotopic (exact) mass is 164 g/mol. The molecule has 62 valence electrons. The molecule has 0 aromatic heterocycles. The molecular formula is C8H17ClO. The summed E-state index contributed by atoms with van der Waals surface area (Å²) in [5.41, 5.74) is 0.0338. The molecule has 0 aromatic rings. The third-order valence-electron chi connectivity index (χ3n) is 1.72. The van der Waals surface area contributed by atoms with Crippen LogP contribution < -0.4 is 0 Å². The van der Waals surface area contributed by atoms with Gasteiger partial charge in [0.2, 0.25) is 0 Å². The second-order valence-electron chi connectivity index (χ2n) is 3.11. The van der Waals surface area contributed by atoms with Crippen LogP contribution >= 0.6 is 11.6 Å². The lowest BCUT2D eigenvalue weighted by Gasteiger charge is -2.22. The van der Waals surface area contributed by atoms with E-state index in [-0.39, 0.29) is 5.60 Å². The van der Waals surface area contributed by atoms with Crippen molar-refractivity contribution in [3.8, 4) is 0 Å². The summed E-state index contributed by atoms with van der Waals surface area (Å²) in [6.45, 7) is 4.20. The molecule has 0 radical (unpaired) electrons. The van der Waals surface area contributed by atoms with Crippen molar-refractivity contribution in [3.63, 3.8) is 0 Å². The Kier molecular flexibility index (Phi) is 5.10. The van der Waals surface area contributed by atoms with E-state index in [0.717, 1.165) is 25.1 Å². The van der Waals surface area contributed by atoms with Gasteiger partial charge in [-0.25, -0.2) is 0 Å². The average molecular weight is 165 g/mol. The van der Waals surface area contributed by atoms with Gasteiger partial charge in [-0.05, 0) is 33.1 Å². The van der Waals surface area contributed by atoms with Crippen LogP contribution in [0.5, 0.6) is 0 Å². The number of methoxy groups -OCH3 is 1. The molecule has 0 aliphatic carbocycles. The van der Waals surface area contributed by atoms with E-state index in [9.17, 15) is 0 Å². The van der Waals surface area contributed by atoms with Gasteiger partial charge in [0.1, 0.15) is 0 Å². The van der Waals surface area contributed by atoms with Gasteiger partial charge in [-0.3, -0.25) is 0 Å². The molecule has 2 heteroatoms. The van der Waals surface area contributed by atoms with Gasteiger partial charge in [0.25, 0.3) is 0 Å².